The number of hydrogen-bond acceptors (Lipinski definition) is 4. The molecule has 32 heavy (non-hydrogen) atoms. The van der Waals surface area contributed by atoms with E-state index in [1.165, 1.54) is 0 Å². The second kappa shape index (κ2) is 9.34. The van der Waals surface area contributed by atoms with Gasteiger partial charge >= 0.3 is 0 Å². The molecule has 1 saturated heterocycles. The van der Waals surface area contributed by atoms with E-state index in [-0.39, 0.29) is 5.91 Å². The maximum Gasteiger partial charge on any atom is 0.243 e. The molecule has 1 aromatic heterocycles. The van der Waals surface area contributed by atoms with Gasteiger partial charge in [-0.05, 0) is 61.7 Å². The number of nitrogens with zero attached hydrogens (tertiary/aromatic N) is 2. The van der Waals surface area contributed by atoms with E-state index in [9.17, 15) is 13.2 Å². The third-order valence-electron chi connectivity index (χ3n) is 6.07. The molecule has 2 aromatic carbocycles. The van der Waals surface area contributed by atoms with Crippen LogP contribution >= 0.6 is 0 Å². The zero-order chi connectivity index (χ0) is 22.7. The fourth-order valence-corrected chi connectivity index (χ4v) is 5.65. The van der Waals surface area contributed by atoms with Crippen molar-refractivity contribution in [2.24, 2.45) is 0 Å². The maximum absolute atomic E-state index is 13.0. The van der Waals surface area contributed by atoms with E-state index < -0.39 is 16.1 Å². The van der Waals surface area contributed by atoms with Gasteiger partial charge < -0.3 is 14.6 Å². The third-order valence-corrected chi connectivity index (χ3v) is 7.96. The van der Waals surface area contributed by atoms with Crippen LogP contribution < -0.4 is 10.1 Å². The van der Waals surface area contributed by atoms with Gasteiger partial charge in [0, 0.05) is 36.7 Å². The van der Waals surface area contributed by atoms with Gasteiger partial charge in [-0.2, -0.15) is 4.31 Å². The van der Waals surface area contributed by atoms with Crippen LogP contribution in [0, 0.1) is 0 Å². The molecule has 170 valence electrons. The van der Waals surface area contributed by atoms with E-state index in [2.05, 4.69) is 5.32 Å². The fourth-order valence-electron chi connectivity index (χ4n) is 4.10. The molecule has 0 aliphatic carbocycles. The first-order chi connectivity index (χ1) is 15.4. The van der Waals surface area contributed by atoms with E-state index in [0.29, 0.717) is 24.5 Å². The van der Waals surface area contributed by atoms with Crippen molar-refractivity contribution < 1.29 is 17.9 Å². The Bertz CT molecular complexity index is 1200. The molecule has 1 aliphatic rings. The molecule has 1 aliphatic heterocycles. The topological polar surface area (TPSA) is 80.6 Å². The van der Waals surface area contributed by atoms with Crippen molar-refractivity contribution in [1.82, 2.24) is 14.2 Å². The highest BCUT2D eigenvalue weighted by atomic mass is 32.2. The van der Waals surface area contributed by atoms with Crippen LogP contribution in [0.1, 0.15) is 37.8 Å². The van der Waals surface area contributed by atoms with E-state index in [1.54, 1.807) is 29.6 Å². The second-order valence-corrected chi connectivity index (χ2v) is 10.1. The molecule has 3 aromatic rings. The van der Waals surface area contributed by atoms with Crippen LogP contribution in [0.4, 0.5) is 0 Å². The van der Waals surface area contributed by atoms with Crippen molar-refractivity contribution in [3.63, 3.8) is 0 Å². The molecular weight excluding hydrogens is 426 g/mol. The summed E-state index contributed by atoms with van der Waals surface area (Å²) in [6.07, 6.45) is 4.72. The van der Waals surface area contributed by atoms with Crippen LogP contribution in [0.15, 0.2) is 59.6 Å². The minimum Gasteiger partial charge on any atom is -0.497 e. The first-order valence-electron chi connectivity index (χ1n) is 10.9. The monoisotopic (exact) mass is 455 g/mol. The molecule has 0 radical (unpaired) electrons. The van der Waals surface area contributed by atoms with Gasteiger partial charge in [0.2, 0.25) is 15.9 Å². The average Bonchev–Trinajstić information content (AvgIpc) is 3.26. The first kappa shape index (κ1) is 22.4. The van der Waals surface area contributed by atoms with E-state index in [0.717, 1.165) is 41.5 Å². The number of rotatable bonds is 7. The molecule has 1 amide bonds. The number of carbonyl (C=O) groups excluding carboxylic acids is 1. The Balaban J connectivity index is 1.48. The number of nitrogens with one attached hydrogen (secondary N) is 1. The standard InChI is InChI=1S/C24H29N3O4S/c1-18(24(28)25-17-19-6-8-21(31-2)9-7-19)27-15-12-20-16-22(10-11-23(20)27)32(29,30)26-13-4-3-5-14-26/h6-12,15-16,18H,3-5,13-14,17H2,1-2H3,(H,25,28)/t18-/m0/s1. The summed E-state index contributed by atoms with van der Waals surface area (Å²) in [6, 6.07) is 14.1. The van der Waals surface area contributed by atoms with Gasteiger partial charge in [0.05, 0.1) is 12.0 Å². The van der Waals surface area contributed by atoms with Crippen molar-refractivity contribution in [3.8, 4) is 5.75 Å². The number of benzene rings is 2. The number of methoxy groups -OCH3 is 1. The summed E-state index contributed by atoms with van der Waals surface area (Å²) >= 11 is 0. The van der Waals surface area contributed by atoms with Gasteiger partial charge in [-0.25, -0.2) is 8.42 Å². The lowest BCUT2D eigenvalue weighted by atomic mass is 10.2. The molecule has 7 nitrogen and oxygen atoms in total. The highest BCUT2D eigenvalue weighted by Crippen LogP contribution is 2.26. The molecule has 1 atom stereocenters. The summed E-state index contributed by atoms with van der Waals surface area (Å²) in [5.41, 5.74) is 1.81. The Morgan fingerprint density at radius 2 is 1.78 bits per heavy atom. The number of sulfonamides is 1. The zero-order valence-electron chi connectivity index (χ0n) is 18.5. The number of fused-ring (bicyclic) bond motifs is 1. The number of ether oxygens (including phenoxy) is 1. The molecule has 0 saturated carbocycles. The Morgan fingerprint density at radius 3 is 2.47 bits per heavy atom. The molecule has 0 spiro atoms. The molecule has 0 bridgehead atoms. The lowest BCUT2D eigenvalue weighted by Crippen LogP contribution is -2.35. The smallest absolute Gasteiger partial charge is 0.243 e. The van der Waals surface area contributed by atoms with Crippen LogP contribution in [-0.4, -0.2) is 43.4 Å². The second-order valence-electron chi connectivity index (χ2n) is 8.15. The SMILES string of the molecule is COc1ccc(CNC(=O)[C@H](C)n2ccc3cc(S(=O)(=O)N4CCCCC4)ccc32)cc1. The van der Waals surface area contributed by atoms with Crippen LogP contribution in [0.2, 0.25) is 0 Å². The third kappa shape index (κ3) is 4.52. The van der Waals surface area contributed by atoms with E-state index in [4.69, 9.17) is 4.74 Å². The lowest BCUT2D eigenvalue weighted by Gasteiger charge is -2.26. The van der Waals surface area contributed by atoms with E-state index >= 15 is 0 Å². The Morgan fingerprint density at radius 1 is 1.06 bits per heavy atom. The van der Waals surface area contributed by atoms with Crippen molar-refractivity contribution in [2.75, 3.05) is 20.2 Å². The number of aromatic nitrogens is 1. The summed E-state index contributed by atoms with van der Waals surface area (Å²) in [6.45, 7) is 3.41. The molecule has 2 heterocycles. The molecule has 0 unspecified atom stereocenters. The summed E-state index contributed by atoms with van der Waals surface area (Å²) in [5.74, 6) is 0.664. The summed E-state index contributed by atoms with van der Waals surface area (Å²) < 4.78 is 34.6. The van der Waals surface area contributed by atoms with Gasteiger partial charge in [-0.1, -0.05) is 18.6 Å². The first-order valence-corrected chi connectivity index (χ1v) is 12.4. The summed E-state index contributed by atoms with van der Waals surface area (Å²) in [5, 5.41) is 3.77. The van der Waals surface area contributed by atoms with Crippen LogP contribution in [0.5, 0.6) is 5.75 Å². The predicted molar refractivity (Wildman–Crippen MR) is 124 cm³/mol. The zero-order valence-corrected chi connectivity index (χ0v) is 19.3. The van der Waals surface area contributed by atoms with E-state index in [1.807, 2.05) is 48.0 Å². The Labute approximate surface area is 189 Å². The Hall–Kier alpha value is -2.84. The van der Waals surface area contributed by atoms with Gasteiger partial charge in [0.25, 0.3) is 0 Å². The van der Waals surface area contributed by atoms with Crippen molar-refractivity contribution >= 4 is 26.8 Å². The fraction of sp³-hybridized carbons (Fsp3) is 0.375. The van der Waals surface area contributed by atoms with Crippen LogP contribution in [0.3, 0.4) is 0 Å². The highest BCUT2D eigenvalue weighted by Gasteiger charge is 2.26. The number of carbonyl (C=O) groups is 1. The number of amides is 1. The molecule has 1 N–H and O–H groups in total. The van der Waals surface area contributed by atoms with Crippen LogP contribution in [-0.2, 0) is 21.4 Å². The quantitative estimate of drug-likeness (QED) is 0.589. The normalized spacial score (nSPS) is 16.1. The minimum absolute atomic E-state index is 0.108. The van der Waals surface area contributed by atoms with Gasteiger partial charge in [0.15, 0.2) is 0 Å². The Kier molecular flexibility index (Phi) is 6.53. The lowest BCUT2D eigenvalue weighted by molar-refractivity contribution is -0.123. The van der Waals surface area contributed by atoms with Crippen LogP contribution in [0.25, 0.3) is 10.9 Å². The molecule has 4 rings (SSSR count). The average molecular weight is 456 g/mol. The number of hydrogen-bond donors (Lipinski definition) is 1. The summed E-state index contributed by atoms with van der Waals surface area (Å²) in [7, 11) is -1.87. The largest absolute Gasteiger partial charge is 0.497 e. The van der Waals surface area contributed by atoms with Crippen molar-refractivity contribution in [3.05, 3.63) is 60.3 Å². The van der Waals surface area contributed by atoms with Crippen molar-refractivity contribution in [2.45, 2.75) is 43.7 Å². The molecular formula is C24H29N3O4S. The van der Waals surface area contributed by atoms with Gasteiger partial charge in [-0.3, -0.25) is 4.79 Å². The van der Waals surface area contributed by atoms with Gasteiger partial charge in [-0.15, -0.1) is 0 Å². The highest BCUT2D eigenvalue weighted by molar-refractivity contribution is 7.89. The molecule has 1 fully saturated rings. The maximum atomic E-state index is 13.0. The number of piperidine rings is 1. The predicted octanol–water partition coefficient (Wildman–Crippen LogP) is 3.70. The van der Waals surface area contributed by atoms with Gasteiger partial charge in [0.1, 0.15) is 11.8 Å². The van der Waals surface area contributed by atoms with Crippen molar-refractivity contribution in [1.29, 1.82) is 0 Å². The molecule has 8 heteroatoms. The summed E-state index contributed by atoms with van der Waals surface area (Å²) in [4.78, 5) is 13.1. The minimum atomic E-state index is -3.49.